The molecule has 0 aliphatic rings. The Bertz CT molecular complexity index is 663. The smallest absolute Gasteiger partial charge is 0.315 e. The van der Waals surface area contributed by atoms with Crippen molar-refractivity contribution in [3.8, 4) is 0 Å². The topological polar surface area (TPSA) is 68.2 Å². The molecule has 1 aromatic carbocycles. The first-order valence-electron chi connectivity index (χ1n) is 7.04. The van der Waals surface area contributed by atoms with Gasteiger partial charge >= 0.3 is 6.03 Å². The Hall–Kier alpha value is -2.12. The minimum absolute atomic E-state index is 0.0853. The second-order valence-electron chi connectivity index (χ2n) is 4.88. The molecule has 2 N–H and O–H groups in total. The summed E-state index contributed by atoms with van der Waals surface area (Å²) in [6.07, 6.45) is 3.51. The predicted octanol–water partition coefficient (Wildman–Crippen LogP) is 2.32. The molecule has 0 saturated heterocycles. The summed E-state index contributed by atoms with van der Waals surface area (Å²) in [7, 11) is 1.62. The Kier molecular flexibility index (Phi) is 6.37. The summed E-state index contributed by atoms with van der Waals surface area (Å²) in [5, 5.41) is 9.75. The number of nitrogens with one attached hydrogen (secondary N) is 2. The fourth-order valence-corrected chi connectivity index (χ4v) is 2.05. The number of aromatic nitrogens is 2. The molecule has 0 aliphatic carbocycles. The van der Waals surface area contributed by atoms with Gasteiger partial charge in [-0.1, -0.05) is 17.7 Å². The zero-order valence-electron chi connectivity index (χ0n) is 12.7. The van der Waals surface area contributed by atoms with Gasteiger partial charge in [0.1, 0.15) is 5.82 Å². The molecule has 6 nitrogen and oxygen atoms in total. The van der Waals surface area contributed by atoms with Crippen LogP contribution in [0, 0.1) is 5.82 Å². The molecule has 1 aromatic heterocycles. The van der Waals surface area contributed by atoms with Crippen molar-refractivity contribution in [3.63, 3.8) is 0 Å². The van der Waals surface area contributed by atoms with Gasteiger partial charge in [0.05, 0.1) is 19.3 Å². The van der Waals surface area contributed by atoms with Gasteiger partial charge in [-0.25, -0.2) is 9.18 Å². The van der Waals surface area contributed by atoms with E-state index in [1.165, 1.54) is 12.1 Å². The summed E-state index contributed by atoms with van der Waals surface area (Å²) in [5.41, 5.74) is 1.24. The highest BCUT2D eigenvalue weighted by atomic mass is 35.5. The van der Waals surface area contributed by atoms with E-state index in [9.17, 15) is 9.18 Å². The number of nitrogens with zero attached hydrogens (tertiary/aromatic N) is 2. The number of ether oxygens (including phenoxy) is 1. The van der Waals surface area contributed by atoms with Crippen LogP contribution in [0.3, 0.4) is 0 Å². The molecule has 1 heterocycles. The van der Waals surface area contributed by atoms with E-state index in [-0.39, 0.29) is 12.6 Å². The van der Waals surface area contributed by atoms with Crippen LogP contribution in [0.5, 0.6) is 0 Å². The van der Waals surface area contributed by atoms with E-state index in [2.05, 4.69) is 15.7 Å². The summed E-state index contributed by atoms with van der Waals surface area (Å²) < 4.78 is 20.3. The Morgan fingerprint density at radius 1 is 1.39 bits per heavy atom. The largest absolute Gasteiger partial charge is 0.383 e. The van der Waals surface area contributed by atoms with Crippen LogP contribution in [-0.2, 0) is 24.4 Å². The molecule has 2 amide bonds. The first-order chi connectivity index (χ1) is 11.1. The molecule has 0 saturated carbocycles. The Morgan fingerprint density at radius 3 is 2.91 bits per heavy atom. The van der Waals surface area contributed by atoms with Crippen LogP contribution in [0.2, 0.25) is 5.02 Å². The van der Waals surface area contributed by atoms with Crippen molar-refractivity contribution >= 4 is 17.6 Å². The summed E-state index contributed by atoms with van der Waals surface area (Å²) in [5.74, 6) is -0.447. The quantitative estimate of drug-likeness (QED) is 0.812. The number of carbonyl (C=O) groups is 1. The second-order valence-corrected chi connectivity index (χ2v) is 5.31. The molecular weight excluding hydrogens is 323 g/mol. The maximum absolute atomic E-state index is 13.6. The number of carbonyl (C=O) groups excluding carboxylic acids is 1. The third-order valence-corrected chi connectivity index (χ3v) is 3.35. The van der Waals surface area contributed by atoms with E-state index in [4.69, 9.17) is 16.3 Å². The maximum atomic E-state index is 13.6. The number of amides is 2. The maximum Gasteiger partial charge on any atom is 0.315 e. The molecular formula is C15H18ClFN4O2. The standard InChI is InChI=1S/C15H18ClFN4O2/c1-23-5-4-21-10-11(8-20-21)7-18-15(22)19-9-12-2-3-13(16)6-14(12)17/h2-3,6,8,10H,4-5,7,9H2,1H3,(H2,18,19,22). The van der Waals surface area contributed by atoms with Crippen LogP contribution < -0.4 is 10.6 Å². The van der Waals surface area contributed by atoms with Gasteiger partial charge < -0.3 is 15.4 Å². The minimum Gasteiger partial charge on any atom is -0.383 e. The molecule has 0 bridgehead atoms. The monoisotopic (exact) mass is 340 g/mol. The van der Waals surface area contributed by atoms with Crippen molar-refractivity contribution in [1.29, 1.82) is 0 Å². The van der Waals surface area contributed by atoms with Gasteiger partial charge in [-0.3, -0.25) is 4.68 Å². The summed E-state index contributed by atoms with van der Waals surface area (Å²) in [6.45, 7) is 1.64. The summed E-state index contributed by atoms with van der Waals surface area (Å²) in [6, 6.07) is 3.94. The van der Waals surface area contributed by atoms with Gasteiger partial charge in [-0.05, 0) is 12.1 Å². The summed E-state index contributed by atoms with van der Waals surface area (Å²) >= 11 is 5.68. The lowest BCUT2D eigenvalue weighted by Crippen LogP contribution is -2.34. The van der Waals surface area contributed by atoms with Crippen LogP contribution in [0.4, 0.5) is 9.18 Å². The van der Waals surface area contributed by atoms with E-state index >= 15 is 0 Å². The van der Waals surface area contributed by atoms with E-state index in [0.29, 0.717) is 30.3 Å². The highest BCUT2D eigenvalue weighted by Gasteiger charge is 2.06. The highest BCUT2D eigenvalue weighted by molar-refractivity contribution is 6.30. The lowest BCUT2D eigenvalue weighted by molar-refractivity contribution is 0.183. The van der Waals surface area contributed by atoms with Crippen molar-refractivity contribution < 1.29 is 13.9 Å². The molecule has 2 aromatic rings. The molecule has 23 heavy (non-hydrogen) atoms. The van der Waals surface area contributed by atoms with E-state index in [1.54, 1.807) is 24.1 Å². The van der Waals surface area contributed by atoms with Crippen LogP contribution >= 0.6 is 11.6 Å². The van der Waals surface area contributed by atoms with Crippen LogP contribution in [0.15, 0.2) is 30.6 Å². The van der Waals surface area contributed by atoms with Gasteiger partial charge in [0.2, 0.25) is 0 Å². The molecule has 124 valence electrons. The minimum atomic E-state index is -0.447. The zero-order chi connectivity index (χ0) is 16.7. The Labute approximate surface area is 138 Å². The molecule has 8 heteroatoms. The van der Waals surface area contributed by atoms with E-state index < -0.39 is 5.82 Å². The third-order valence-electron chi connectivity index (χ3n) is 3.12. The first-order valence-corrected chi connectivity index (χ1v) is 7.42. The molecule has 2 rings (SSSR count). The van der Waals surface area contributed by atoms with Crippen molar-refractivity contribution in [1.82, 2.24) is 20.4 Å². The number of benzene rings is 1. The molecule has 0 spiro atoms. The van der Waals surface area contributed by atoms with Crippen LogP contribution in [0.25, 0.3) is 0 Å². The highest BCUT2D eigenvalue weighted by Crippen LogP contribution is 2.14. The fourth-order valence-electron chi connectivity index (χ4n) is 1.89. The van der Waals surface area contributed by atoms with Gasteiger partial charge in [-0.15, -0.1) is 0 Å². The van der Waals surface area contributed by atoms with Crippen LogP contribution in [0.1, 0.15) is 11.1 Å². The number of hydrogen-bond donors (Lipinski definition) is 2. The van der Waals surface area contributed by atoms with Gasteiger partial charge in [0.25, 0.3) is 0 Å². The average molecular weight is 341 g/mol. The SMILES string of the molecule is COCCn1cc(CNC(=O)NCc2ccc(Cl)cc2F)cn1. The molecule has 0 atom stereocenters. The van der Waals surface area contributed by atoms with Crippen molar-refractivity contribution in [2.45, 2.75) is 19.6 Å². The molecule has 0 radical (unpaired) electrons. The van der Waals surface area contributed by atoms with Crippen LogP contribution in [-0.4, -0.2) is 29.5 Å². The molecule has 0 fully saturated rings. The lowest BCUT2D eigenvalue weighted by Gasteiger charge is -2.08. The van der Waals surface area contributed by atoms with E-state index in [0.717, 1.165) is 5.56 Å². The van der Waals surface area contributed by atoms with Crippen molar-refractivity contribution in [2.24, 2.45) is 0 Å². The number of urea groups is 1. The summed E-state index contributed by atoms with van der Waals surface area (Å²) in [4.78, 5) is 11.7. The number of methoxy groups -OCH3 is 1. The van der Waals surface area contributed by atoms with Crippen molar-refractivity contribution in [3.05, 3.63) is 52.6 Å². The Morgan fingerprint density at radius 2 is 2.17 bits per heavy atom. The number of halogens is 2. The average Bonchev–Trinajstić information content (AvgIpc) is 2.98. The van der Waals surface area contributed by atoms with Gasteiger partial charge in [0.15, 0.2) is 0 Å². The predicted molar refractivity (Wildman–Crippen MR) is 84.6 cm³/mol. The van der Waals surface area contributed by atoms with Crippen molar-refractivity contribution in [2.75, 3.05) is 13.7 Å². The number of hydrogen-bond acceptors (Lipinski definition) is 3. The normalized spacial score (nSPS) is 10.6. The van der Waals surface area contributed by atoms with Gasteiger partial charge in [0, 0.05) is 42.5 Å². The first kappa shape index (κ1) is 17.2. The Balaban J connectivity index is 1.75. The van der Waals surface area contributed by atoms with Gasteiger partial charge in [-0.2, -0.15) is 5.10 Å². The fraction of sp³-hybridized carbons (Fsp3) is 0.333. The second kappa shape index (κ2) is 8.50. The molecule has 0 unspecified atom stereocenters. The number of rotatable bonds is 7. The lowest BCUT2D eigenvalue weighted by atomic mass is 10.2. The molecule has 0 aliphatic heterocycles. The third kappa shape index (κ3) is 5.54. The zero-order valence-corrected chi connectivity index (χ0v) is 13.4. The van der Waals surface area contributed by atoms with E-state index in [1.807, 2.05) is 6.20 Å².